The normalized spacial score (nSPS) is 9.57. The van der Waals surface area contributed by atoms with Crippen molar-refractivity contribution in [2.45, 2.75) is 0 Å². The van der Waals surface area contributed by atoms with E-state index in [4.69, 9.17) is 30.6 Å². The van der Waals surface area contributed by atoms with Gasteiger partial charge in [0.25, 0.3) is 0 Å². The van der Waals surface area contributed by atoms with Crippen LogP contribution in [-0.4, -0.2) is 10.2 Å². The van der Waals surface area contributed by atoms with E-state index in [1.165, 1.54) is 31.8 Å². The van der Waals surface area contributed by atoms with Crippen LogP contribution in [0.25, 0.3) is 0 Å². The average Bonchev–Trinajstić information content (AvgIpc) is 3.08. The van der Waals surface area contributed by atoms with Crippen molar-refractivity contribution in [3.8, 4) is 0 Å². The number of nitrogens with zero attached hydrogens (tertiary/aromatic N) is 2. The molecule has 239 valence electrons. The first-order chi connectivity index (χ1) is 22.4. The summed E-state index contributed by atoms with van der Waals surface area (Å²) >= 11 is 0. The molecule has 0 bridgehead atoms. The third kappa shape index (κ3) is 13.9. The maximum Gasteiger partial charge on any atom is 2.00 e. The second kappa shape index (κ2) is 21.8. The molecule has 0 aliphatic heterocycles. The van der Waals surface area contributed by atoms with Gasteiger partial charge in [0.15, 0.2) is 0 Å². The van der Waals surface area contributed by atoms with Gasteiger partial charge in [-0.2, -0.15) is 0 Å². The Bertz CT molecular complexity index is 1380. The number of hydrogen-bond donors (Lipinski definition) is 0. The predicted molar refractivity (Wildman–Crippen MR) is 191 cm³/mol. The molecule has 0 aliphatic carbocycles. The molecular formula is C36H30CoN2O6P2. The molecule has 0 unspecified atom stereocenters. The van der Waals surface area contributed by atoms with Crippen LogP contribution in [0.2, 0.25) is 0 Å². The molecule has 0 aromatic heterocycles. The van der Waals surface area contributed by atoms with E-state index in [1.54, 1.807) is 0 Å². The Balaban J connectivity index is 0.000000262. The van der Waals surface area contributed by atoms with Crippen LogP contribution in [0.15, 0.2) is 182 Å². The van der Waals surface area contributed by atoms with Crippen molar-refractivity contribution in [2.24, 2.45) is 0 Å². The standard InChI is InChI=1S/2C18H15P.Co.2NO3/c2*1-4-10-16(11-5-1)19(17-12-6-2-7-13-17)18-14-8-3-9-15-18;;2*2-1(3)4/h2*1-15H;;;/q;;+2;2*-1. The summed E-state index contributed by atoms with van der Waals surface area (Å²) in [6.07, 6.45) is 0. The fraction of sp³-hybridized carbons (Fsp3) is 0. The first kappa shape index (κ1) is 38.3. The molecule has 1 radical (unpaired) electrons. The molecule has 47 heavy (non-hydrogen) atoms. The summed E-state index contributed by atoms with van der Waals surface area (Å²) in [6.45, 7) is 0. The van der Waals surface area contributed by atoms with Crippen LogP contribution in [0, 0.1) is 30.6 Å². The summed E-state index contributed by atoms with van der Waals surface area (Å²) in [7, 11) is -0.892. The van der Waals surface area contributed by atoms with Gasteiger partial charge >= 0.3 is 16.8 Å². The van der Waals surface area contributed by atoms with Gasteiger partial charge in [-0.05, 0) is 47.7 Å². The van der Waals surface area contributed by atoms with E-state index in [-0.39, 0.29) is 16.8 Å². The van der Waals surface area contributed by atoms with Crippen molar-refractivity contribution in [2.75, 3.05) is 0 Å². The van der Waals surface area contributed by atoms with Gasteiger partial charge in [0.1, 0.15) is 0 Å². The zero-order chi connectivity index (χ0) is 33.0. The minimum absolute atomic E-state index is 0. The van der Waals surface area contributed by atoms with Crippen LogP contribution in [0.1, 0.15) is 0 Å². The maximum absolute atomic E-state index is 8.25. The Morgan fingerprint density at radius 1 is 0.298 bits per heavy atom. The molecule has 0 N–H and O–H groups in total. The van der Waals surface area contributed by atoms with Gasteiger partial charge in [-0.1, -0.05) is 182 Å². The summed E-state index contributed by atoms with van der Waals surface area (Å²) in [5.74, 6) is 0. The van der Waals surface area contributed by atoms with Crippen LogP contribution >= 0.6 is 15.8 Å². The van der Waals surface area contributed by atoms with Crippen molar-refractivity contribution < 1.29 is 27.0 Å². The van der Waals surface area contributed by atoms with Crippen molar-refractivity contribution in [1.29, 1.82) is 0 Å². The molecule has 6 aromatic carbocycles. The number of rotatable bonds is 6. The molecule has 0 fully saturated rings. The molecule has 0 heterocycles. The molecule has 0 spiro atoms. The first-order valence-corrected chi connectivity index (χ1v) is 16.6. The summed E-state index contributed by atoms with van der Waals surface area (Å²) in [4.78, 5) is 16.5. The average molecular weight is 708 g/mol. The Labute approximate surface area is 286 Å². The van der Waals surface area contributed by atoms with Gasteiger partial charge in [0.2, 0.25) is 0 Å². The first-order valence-electron chi connectivity index (χ1n) is 13.9. The summed E-state index contributed by atoms with van der Waals surface area (Å²) in [5, 5.41) is 37.9. The minimum atomic E-state index is -1.75. The Hall–Kier alpha value is -4.91. The smallest absolute Gasteiger partial charge is 0.356 e. The Morgan fingerprint density at radius 3 is 0.511 bits per heavy atom. The van der Waals surface area contributed by atoms with E-state index in [9.17, 15) is 0 Å². The molecule has 11 heteroatoms. The molecule has 6 aromatic rings. The Morgan fingerprint density at radius 2 is 0.404 bits per heavy atom. The van der Waals surface area contributed by atoms with Gasteiger partial charge in [-0.25, -0.2) is 0 Å². The van der Waals surface area contributed by atoms with E-state index >= 15 is 0 Å². The second-order valence-corrected chi connectivity index (χ2v) is 13.6. The van der Waals surface area contributed by atoms with Gasteiger partial charge in [0, 0.05) is 0 Å². The van der Waals surface area contributed by atoms with Crippen molar-refractivity contribution in [1.82, 2.24) is 0 Å². The maximum atomic E-state index is 8.25. The van der Waals surface area contributed by atoms with Crippen LogP contribution in [0.5, 0.6) is 0 Å². The molecule has 0 atom stereocenters. The summed E-state index contributed by atoms with van der Waals surface area (Å²) < 4.78 is 0. The van der Waals surface area contributed by atoms with E-state index in [0.717, 1.165) is 0 Å². The predicted octanol–water partition coefficient (Wildman–Crippen LogP) is 6.41. The fourth-order valence-electron chi connectivity index (χ4n) is 4.36. The van der Waals surface area contributed by atoms with E-state index in [2.05, 4.69) is 182 Å². The van der Waals surface area contributed by atoms with E-state index in [1.807, 2.05) is 0 Å². The van der Waals surface area contributed by atoms with Crippen molar-refractivity contribution >= 4 is 47.7 Å². The molecule has 8 nitrogen and oxygen atoms in total. The number of benzene rings is 6. The molecule has 6 rings (SSSR count). The van der Waals surface area contributed by atoms with E-state index < -0.39 is 26.0 Å². The molecular weight excluding hydrogens is 677 g/mol. The number of hydrogen-bond acceptors (Lipinski definition) is 6. The van der Waals surface area contributed by atoms with Gasteiger partial charge in [0.05, 0.1) is 10.2 Å². The van der Waals surface area contributed by atoms with E-state index in [0.29, 0.717) is 0 Å². The molecule has 0 saturated carbocycles. The largest absolute Gasteiger partial charge is 2.00 e. The van der Waals surface area contributed by atoms with Crippen LogP contribution in [0.3, 0.4) is 0 Å². The SMILES string of the molecule is O=[N+]([O-])[O-].O=[N+]([O-])[O-].[Co+2].c1ccc(P(c2ccccc2)c2ccccc2)cc1.c1ccc(P(c2ccccc2)c2ccccc2)cc1. The Kier molecular flexibility index (Phi) is 17.7. The van der Waals surface area contributed by atoms with Crippen molar-refractivity contribution in [3.63, 3.8) is 0 Å². The third-order valence-corrected chi connectivity index (χ3v) is 11.0. The summed E-state index contributed by atoms with van der Waals surface area (Å²) in [5.41, 5.74) is 0. The van der Waals surface area contributed by atoms with Gasteiger partial charge in [-0.3, -0.25) is 0 Å². The van der Waals surface area contributed by atoms with Crippen LogP contribution < -0.4 is 31.8 Å². The zero-order valence-electron chi connectivity index (χ0n) is 24.9. The fourth-order valence-corrected chi connectivity index (χ4v) is 8.97. The molecule has 0 saturated heterocycles. The summed E-state index contributed by atoms with van der Waals surface area (Å²) in [6, 6.07) is 64.7. The monoisotopic (exact) mass is 707 g/mol. The van der Waals surface area contributed by atoms with Gasteiger partial charge < -0.3 is 30.6 Å². The quantitative estimate of drug-likeness (QED) is 0.112. The minimum Gasteiger partial charge on any atom is -0.356 e. The third-order valence-electron chi connectivity index (χ3n) is 6.09. The zero-order valence-corrected chi connectivity index (χ0v) is 27.7. The van der Waals surface area contributed by atoms with Crippen LogP contribution in [0.4, 0.5) is 0 Å². The van der Waals surface area contributed by atoms with Gasteiger partial charge in [-0.15, -0.1) is 0 Å². The van der Waals surface area contributed by atoms with Crippen molar-refractivity contribution in [3.05, 3.63) is 213 Å². The molecule has 0 aliphatic rings. The topological polar surface area (TPSA) is 132 Å². The van der Waals surface area contributed by atoms with Crippen LogP contribution in [-0.2, 0) is 16.8 Å². The molecule has 0 amide bonds. The second-order valence-electron chi connectivity index (χ2n) is 9.13.